The van der Waals surface area contributed by atoms with Gasteiger partial charge in [-0.1, -0.05) is 0 Å². The molecule has 9 heteroatoms. The van der Waals surface area contributed by atoms with Crippen LogP contribution in [0.3, 0.4) is 0 Å². The fourth-order valence-corrected chi connectivity index (χ4v) is 3.84. The summed E-state index contributed by atoms with van der Waals surface area (Å²) in [7, 11) is 0. The number of aromatic nitrogens is 5. The molecule has 3 aliphatic rings. The Kier molecular flexibility index (Phi) is 4.36. The van der Waals surface area contributed by atoms with Gasteiger partial charge in [0.2, 0.25) is 5.91 Å². The molecule has 2 aromatic heterocycles. The molecular weight excluding hydrogens is 334 g/mol. The summed E-state index contributed by atoms with van der Waals surface area (Å²) in [6, 6.07) is 3.51. The van der Waals surface area contributed by atoms with Crippen molar-refractivity contribution in [3.8, 4) is 0 Å². The number of hydrogen-bond acceptors (Lipinski definition) is 6. The van der Waals surface area contributed by atoms with Crippen LogP contribution in [0.1, 0.15) is 29.0 Å². The number of amides is 2. The minimum Gasteiger partial charge on any atom is -0.336 e. The van der Waals surface area contributed by atoms with Gasteiger partial charge in [-0.2, -0.15) is 0 Å². The van der Waals surface area contributed by atoms with Crippen molar-refractivity contribution in [3.63, 3.8) is 0 Å². The number of nitrogens with zero attached hydrogens (tertiary/aromatic N) is 7. The second-order valence-electron chi connectivity index (χ2n) is 6.97. The Morgan fingerprint density at radius 1 is 1.15 bits per heavy atom. The lowest BCUT2D eigenvalue weighted by molar-refractivity contribution is -0.136. The molecule has 2 bridgehead atoms. The third kappa shape index (κ3) is 3.16. The van der Waals surface area contributed by atoms with Gasteiger partial charge in [-0.25, -0.2) is 4.68 Å². The minimum atomic E-state index is 0.00769. The number of carbonyl (C=O) groups is 2. The highest BCUT2D eigenvalue weighted by Gasteiger charge is 2.38. The van der Waals surface area contributed by atoms with Crippen molar-refractivity contribution >= 4 is 11.8 Å². The van der Waals surface area contributed by atoms with E-state index in [1.807, 2.05) is 9.80 Å². The van der Waals surface area contributed by atoms with Gasteiger partial charge in [-0.3, -0.25) is 14.6 Å². The van der Waals surface area contributed by atoms with Gasteiger partial charge in [-0.05, 0) is 48.2 Å². The highest BCUT2D eigenvalue weighted by Crippen LogP contribution is 2.29. The fraction of sp³-hybridized carbons (Fsp3) is 0.529. The first-order chi connectivity index (χ1) is 12.6. The highest BCUT2D eigenvalue weighted by molar-refractivity contribution is 5.94. The lowest BCUT2D eigenvalue weighted by Crippen LogP contribution is -2.49. The van der Waals surface area contributed by atoms with Crippen LogP contribution in [-0.2, 0) is 11.3 Å². The second kappa shape index (κ2) is 6.81. The molecule has 0 saturated carbocycles. The van der Waals surface area contributed by atoms with Crippen LogP contribution in [0.15, 0.2) is 24.5 Å². The van der Waals surface area contributed by atoms with E-state index in [-0.39, 0.29) is 24.4 Å². The van der Waals surface area contributed by atoms with Crippen LogP contribution >= 0.6 is 0 Å². The Labute approximate surface area is 151 Å². The zero-order valence-electron chi connectivity index (χ0n) is 14.7. The molecule has 2 aromatic rings. The minimum absolute atomic E-state index is 0.00769. The summed E-state index contributed by atoms with van der Waals surface area (Å²) in [5, 5.41) is 11.3. The molecule has 3 fully saturated rings. The molecule has 5 rings (SSSR count). The quantitative estimate of drug-likeness (QED) is 0.777. The Bertz CT molecular complexity index is 806. The summed E-state index contributed by atoms with van der Waals surface area (Å²) in [4.78, 5) is 33.4. The molecule has 0 aromatic carbocycles. The molecule has 0 N–H and O–H groups in total. The molecule has 0 radical (unpaired) electrons. The van der Waals surface area contributed by atoms with E-state index in [1.165, 1.54) is 4.68 Å². The highest BCUT2D eigenvalue weighted by atomic mass is 16.2. The fourth-order valence-electron chi connectivity index (χ4n) is 3.84. The number of hydrogen-bond donors (Lipinski definition) is 0. The predicted molar refractivity (Wildman–Crippen MR) is 90.9 cm³/mol. The van der Waals surface area contributed by atoms with Gasteiger partial charge in [0, 0.05) is 43.6 Å². The van der Waals surface area contributed by atoms with Crippen molar-refractivity contribution in [1.82, 2.24) is 35.0 Å². The number of pyridine rings is 1. The molecule has 0 aliphatic carbocycles. The molecule has 0 spiro atoms. The van der Waals surface area contributed by atoms with Crippen LogP contribution in [-0.4, -0.2) is 72.5 Å². The monoisotopic (exact) mass is 355 g/mol. The van der Waals surface area contributed by atoms with Gasteiger partial charge in [0.25, 0.3) is 5.91 Å². The largest absolute Gasteiger partial charge is 0.336 e. The maximum absolute atomic E-state index is 12.8. The smallest absolute Gasteiger partial charge is 0.254 e. The lowest BCUT2D eigenvalue weighted by atomic mass is 9.95. The number of rotatable bonds is 3. The zero-order valence-corrected chi connectivity index (χ0v) is 14.7. The number of piperidine rings is 1. The average Bonchev–Trinajstić information content (AvgIpc) is 2.87. The van der Waals surface area contributed by atoms with Gasteiger partial charge >= 0.3 is 0 Å². The van der Waals surface area contributed by atoms with Gasteiger partial charge in [-0.15, -0.1) is 5.10 Å². The molecule has 5 heterocycles. The lowest BCUT2D eigenvalue weighted by Gasteiger charge is -2.36. The van der Waals surface area contributed by atoms with E-state index in [2.05, 4.69) is 20.5 Å². The second-order valence-corrected chi connectivity index (χ2v) is 6.97. The normalized spacial score (nSPS) is 22.3. The zero-order chi connectivity index (χ0) is 18.1. The molecule has 26 heavy (non-hydrogen) atoms. The van der Waals surface area contributed by atoms with Crippen molar-refractivity contribution in [2.75, 3.05) is 19.6 Å². The molecule has 0 unspecified atom stereocenters. The summed E-state index contributed by atoms with van der Waals surface area (Å²) in [5.41, 5.74) is 0.642. The Morgan fingerprint density at radius 3 is 2.69 bits per heavy atom. The Hall–Kier alpha value is -2.84. The predicted octanol–water partition coefficient (Wildman–Crippen LogP) is 0.140. The summed E-state index contributed by atoms with van der Waals surface area (Å²) in [6.45, 7) is 3.85. The standard InChI is InChI=1S/C17H21N7O2/c1-12-19-20-21-24(12)11-16(25)23-9-13-2-3-15(23)10-22(8-13)17(26)14-4-6-18-7-5-14/h4-7,13,15H,2-3,8-11H2,1H3/t13-,15+/m0/s1. The summed E-state index contributed by atoms with van der Waals surface area (Å²) < 4.78 is 1.51. The first kappa shape index (κ1) is 16.6. The van der Waals surface area contributed by atoms with Crippen LogP contribution in [0.25, 0.3) is 0 Å². The Balaban J connectivity index is 1.49. The first-order valence-corrected chi connectivity index (χ1v) is 8.83. The number of aryl methyl sites for hydroxylation is 1. The molecule has 2 amide bonds. The SMILES string of the molecule is Cc1nnnn1CC(=O)N1C[C@H]2CC[C@@H]1CN(C(=O)c1ccncc1)C2. The third-order valence-corrected chi connectivity index (χ3v) is 5.24. The topological polar surface area (TPSA) is 97.1 Å². The van der Waals surface area contributed by atoms with Crippen LogP contribution in [0.5, 0.6) is 0 Å². The van der Waals surface area contributed by atoms with E-state index < -0.39 is 0 Å². The van der Waals surface area contributed by atoms with E-state index in [0.717, 1.165) is 12.8 Å². The molecule has 9 nitrogen and oxygen atoms in total. The van der Waals surface area contributed by atoms with Crippen molar-refractivity contribution in [3.05, 3.63) is 35.9 Å². The van der Waals surface area contributed by atoms with Crippen molar-refractivity contribution in [2.24, 2.45) is 5.92 Å². The molecule has 3 aliphatic heterocycles. The number of tetrazole rings is 1. The molecule has 136 valence electrons. The third-order valence-electron chi connectivity index (χ3n) is 5.24. The van der Waals surface area contributed by atoms with Gasteiger partial charge in [0.05, 0.1) is 0 Å². The van der Waals surface area contributed by atoms with Crippen molar-refractivity contribution in [2.45, 2.75) is 32.4 Å². The summed E-state index contributed by atoms with van der Waals surface area (Å²) in [6.07, 6.45) is 5.22. The average molecular weight is 355 g/mol. The van der Waals surface area contributed by atoms with Crippen LogP contribution in [0, 0.1) is 12.8 Å². The summed E-state index contributed by atoms with van der Waals surface area (Å²) in [5.74, 6) is 0.939. The number of carbonyl (C=O) groups excluding carboxylic acids is 2. The molecular formula is C17H21N7O2. The maximum atomic E-state index is 12.8. The van der Waals surface area contributed by atoms with E-state index in [0.29, 0.717) is 36.9 Å². The first-order valence-electron chi connectivity index (χ1n) is 8.83. The van der Waals surface area contributed by atoms with E-state index >= 15 is 0 Å². The van der Waals surface area contributed by atoms with Gasteiger partial charge in [0.1, 0.15) is 12.4 Å². The maximum Gasteiger partial charge on any atom is 0.254 e. The van der Waals surface area contributed by atoms with E-state index in [1.54, 1.807) is 31.5 Å². The van der Waals surface area contributed by atoms with Crippen LogP contribution < -0.4 is 0 Å². The van der Waals surface area contributed by atoms with Crippen molar-refractivity contribution < 1.29 is 9.59 Å². The van der Waals surface area contributed by atoms with Gasteiger partial charge < -0.3 is 9.80 Å². The summed E-state index contributed by atoms with van der Waals surface area (Å²) >= 11 is 0. The van der Waals surface area contributed by atoms with E-state index in [4.69, 9.17) is 0 Å². The van der Waals surface area contributed by atoms with Crippen molar-refractivity contribution in [1.29, 1.82) is 0 Å². The van der Waals surface area contributed by atoms with E-state index in [9.17, 15) is 9.59 Å². The molecule has 3 saturated heterocycles. The van der Waals surface area contributed by atoms with Crippen LogP contribution in [0.2, 0.25) is 0 Å². The molecule has 2 atom stereocenters. The van der Waals surface area contributed by atoms with Crippen LogP contribution in [0.4, 0.5) is 0 Å². The number of fused-ring (bicyclic) bond motifs is 4. The Morgan fingerprint density at radius 2 is 1.96 bits per heavy atom. The van der Waals surface area contributed by atoms with Gasteiger partial charge in [0.15, 0.2) is 0 Å².